The van der Waals surface area contributed by atoms with Crippen LogP contribution in [0.5, 0.6) is 0 Å². The van der Waals surface area contributed by atoms with Crippen LogP contribution in [-0.2, 0) is 0 Å². The number of hydrogen-bond acceptors (Lipinski definition) is 2. The van der Waals surface area contributed by atoms with Crippen molar-refractivity contribution in [3.05, 3.63) is 0 Å². The highest BCUT2D eigenvalue weighted by atomic mass is 15.1. The Balaban J connectivity index is 1.78. The van der Waals surface area contributed by atoms with E-state index in [2.05, 4.69) is 31.1 Å². The molecule has 2 heteroatoms. The minimum atomic E-state index is 0.773. The van der Waals surface area contributed by atoms with Crippen LogP contribution in [-0.4, -0.2) is 37.6 Å². The molecule has 1 N–H and O–H groups in total. The van der Waals surface area contributed by atoms with Crippen molar-refractivity contribution in [3.8, 4) is 0 Å². The zero-order chi connectivity index (χ0) is 13.0. The van der Waals surface area contributed by atoms with Crippen molar-refractivity contribution in [1.29, 1.82) is 0 Å². The Morgan fingerprint density at radius 1 is 1.11 bits per heavy atom. The molecule has 2 nitrogen and oxygen atoms in total. The van der Waals surface area contributed by atoms with E-state index in [9.17, 15) is 0 Å². The quantitative estimate of drug-likeness (QED) is 0.781. The fraction of sp³-hybridized carbons (Fsp3) is 1.00. The maximum absolute atomic E-state index is 3.72. The number of nitrogens with one attached hydrogen (secondary N) is 1. The average Bonchev–Trinajstić information content (AvgIpc) is 2.28. The average molecular weight is 252 g/mol. The van der Waals surface area contributed by atoms with E-state index in [1.54, 1.807) is 0 Å². The van der Waals surface area contributed by atoms with Crippen LogP contribution in [0.4, 0.5) is 0 Å². The molecule has 0 aromatic heterocycles. The topological polar surface area (TPSA) is 15.3 Å². The molecule has 0 aromatic rings. The predicted octanol–water partition coefficient (Wildman–Crippen LogP) is 3.13. The Morgan fingerprint density at radius 3 is 2.50 bits per heavy atom. The lowest BCUT2D eigenvalue weighted by atomic mass is 9.78. The molecule has 0 spiro atoms. The largest absolute Gasteiger partial charge is 0.314 e. The number of rotatable bonds is 6. The summed E-state index contributed by atoms with van der Waals surface area (Å²) in [6.45, 7) is 8.44. The maximum Gasteiger partial charge on any atom is 0.0108 e. The van der Waals surface area contributed by atoms with Gasteiger partial charge in [-0.15, -0.1) is 0 Å². The second kappa shape index (κ2) is 6.91. The minimum absolute atomic E-state index is 0.773. The molecule has 106 valence electrons. The molecule has 0 saturated heterocycles. The van der Waals surface area contributed by atoms with Gasteiger partial charge in [0.2, 0.25) is 0 Å². The third-order valence-electron chi connectivity index (χ3n) is 5.05. The van der Waals surface area contributed by atoms with Crippen LogP contribution in [0.25, 0.3) is 0 Å². The highest BCUT2D eigenvalue weighted by molar-refractivity contribution is 4.85. The van der Waals surface area contributed by atoms with Crippen molar-refractivity contribution >= 4 is 0 Å². The smallest absolute Gasteiger partial charge is 0.0108 e. The van der Waals surface area contributed by atoms with Crippen molar-refractivity contribution in [2.45, 2.75) is 58.4 Å². The van der Waals surface area contributed by atoms with Crippen molar-refractivity contribution in [1.82, 2.24) is 10.2 Å². The van der Waals surface area contributed by atoms with E-state index in [1.807, 2.05) is 0 Å². The van der Waals surface area contributed by atoms with Crippen LogP contribution >= 0.6 is 0 Å². The van der Waals surface area contributed by atoms with Crippen LogP contribution in [0.2, 0.25) is 0 Å². The van der Waals surface area contributed by atoms with Crippen molar-refractivity contribution in [3.63, 3.8) is 0 Å². The van der Waals surface area contributed by atoms with Gasteiger partial charge in [-0.1, -0.05) is 20.3 Å². The molecular formula is C16H32N2. The Morgan fingerprint density at radius 2 is 1.89 bits per heavy atom. The summed E-state index contributed by atoms with van der Waals surface area (Å²) in [7, 11) is 2.33. The second-order valence-corrected chi connectivity index (χ2v) is 6.86. The molecule has 0 heterocycles. The van der Waals surface area contributed by atoms with Gasteiger partial charge in [-0.05, 0) is 63.5 Å². The highest BCUT2D eigenvalue weighted by Crippen LogP contribution is 2.31. The molecule has 3 atom stereocenters. The Hall–Kier alpha value is -0.0800. The molecule has 2 fully saturated rings. The van der Waals surface area contributed by atoms with E-state index in [0.717, 1.165) is 30.3 Å². The molecule has 0 aromatic carbocycles. The van der Waals surface area contributed by atoms with Crippen LogP contribution in [0.15, 0.2) is 0 Å². The standard InChI is InChI=1S/C16H32N2/c1-4-17-16-9-8-13(2)10-15(16)12-18(3)11-14-6-5-7-14/h13-17H,4-12H2,1-3H3. The molecular weight excluding hydrogens is 220 g/mol. The van der Waals surface area contributed by atoms with E-state index in [1.165, 1.54) is 51.6 Å². The van der Waals surface area contributed by atoms with Crippen LogP contribution in [0.3, 0.4) is 0 Å². The molecule has 18 heavy (non-hydrogen) atoms. The fourth-order valence-corrected chi connectivity index (χ4v) is 3.82. The van der Waals surface area contributed by atoms with Crippen molar-refractivity contribution < 1.29 is 0 Å². The first kappa shape index (κ1) is 14.3. The van der Waals surface area contributed by atoms with Crippen molar-refractivity contribution in [2.24, 2.45) is 17.8 Å². The molecule has 0 aliphatic heterocycles. The van der Waals surface area contributed by atoms with Crippen LogP contribution in [0, 0.1) is 17.8 Å². The Labute approximate surface area is 114 Å². The summed E-state index contributed by atoms with van der Waals surface area (Å²) in [5.41, 5.74) is 0. The fourth-order valence-electron chi connectivity index (χ4n) is 3.82. The SMILES string of the molecule is CCNC1CCC(C)CC1CN(C)CC1CCC1. The molecule has 2 aliphatic rings. The number of nitrogens with zero attached hydrogens (tertiary/aromatic N) is 1. The molecule has 2 rings (SSSR count). The van der Waals surface area contributed by atoms with Gasteiger partial charge in [0.15, 0.2) is 0 Å². The summed E-state index contributed by atoms with van der Waals surface area (Å²) in [5.74, 6) is 2.81. The van der Waals surface area contributed by atoms with Gasteiger partial charge in [-0.2, -0.15) is 0 Å². The first-order valence-electron chi connectivity index (χ1n) is 8.11. The Kier molecular flexibility index (Phi) is 5.50. The zero-order valence-corrected chi connectivity index (χ0v) is 12.6. The predicted molar refractivity (Wildman–Crippen MR) is 78.8 cm³/mol. The maximum atomic E-state index is 3.72. The van der Waals surface area contributed by atoms with E-state index >= 15 is 0 Å². The molecule has 2 saturated carbocycles. The van der Waals surface area contributed by atoms with E-state index < -0.39 is 0 Å². The van der Waals surface area contributed by atoms with E-state index in [0.29, 0.717) is 0 Å². The summed E-state index contributed by atoms with van der Waals surface area (Å²) in [5, 5.41) is 3.72. The molecule has 0 radical (unpaired) electrons. The van der Waals surface area contributed by atoms with Gasteiger partial charge in [-0.3, -0.25) is 0 Å². The molecule has 0 bridgehead atoms. The van der Waals surface area contributed by atoms with Gasteiger partial charge >= 0.3 is 0 Å². The van der Waals surface area contributed by atoms with Gasteiger partial charge in [-0.25, -0.2) is 0 Å². The normalized spacial score (nSPS) is 33.7. The van der Waals surface area contributed by atoms with Gasteiger partial charge in [0, 0.05) is 19.1 Å². The summed E-state index contributed by atoms with van der Waals surface area (Å²) >= 11 is 0. The summed E-state index contributed by atoms with van der Waals surface area (Å²) in [4.78, 5) is 2.61. The lowest BCUT2D eigenvalue weighted by Gasteiger charge is -2.39. The number of hydrogen-bond donors (Lipinski definition) is 1. The van der Waals surface area contributed by atoms with Crippen LogP contribution in [0.1, 0.15) is 52.4 Å². The van der Waals surface area contributed by atoms with Crippen molar-refractivity contribution in [2.75, 3.05) is 26.7 Å². The van der Waals surface area contributed by atoms with E-state index in [4.69, 9.17) is 0 Å². The first-order chi connectivity index (χ1) is 8.69. The summed E-state index contributed by atoms with van der Waals surface area (Å²) in [6, 6.07) is 0.773. The van der Waals surface area contributed by atoms with Gasteiger partial charge in [0.1, 0.15) is 0 Å². The first-order valence-corrected chi connectivity index (χ1v) is 8.11. The summed E-state index contributed by atoms with van der Waals surface area (Å²) < 4.78 is 0. The molecule has 3 unspecified atom stereocenters. The Bertz CT molecular complexity index is 237. The third kappa shape index (κ3) is 3.96. The van der Waals surface area contributed by atoms with Gasteiger partial charge in [0.05, 0.1) is 0 Å². The van der Waals surface area contributed by atoms with E-state index in [-0.39, 0.29) is 0 Å². The molecule has 2 aliphatic carbocycles. The minimum Gasteiger partial charge on any atom is -0.314 e. The van der Waals surface area contributed by atoms with Gasteiger partial charge in [0.25, 0.3) is 0 Å². The second-order valence-electron chi connectivity index (χ2n) is 6.86. The molecule has 0 amide bonds. The zero-order valence-electron chi connectivity index (χ0n) is 12.6. The third-order valence-corrected chi connectivity index (χ3v) is 5.05. The lowest BCUT2D eigenvalue weighted by Crippen LogP contribution is -2.45. The highest BCUT2D eigenvalue weighted by Gasteiger charge is 2.29. The monoisotopic (exact) mass is 252 g/mol. The van der Waals surface area contributed by atoms with Crippen LogP contribution < -0.4 is 5.32 Å². The van der Waals surface area contributed by atoms with Gasteiger partial charge < -0.3 is 10.2 Å². The summed E-state index contributed by atoms with van der Waals surface area (Å²) in [6.07, 6.45) is 8.65. The lowest BCUT2D eigenvalue weighted by molar-refractivity contribution is 0.134.